The van der Waals surface area contributed by atoms with Crippen LogP contribution in [0.4, 0.5) is 0 Å². The van der Waals surface area contributed by atoms with Crippen LogP contribution in [0.5, 0.6) is 5.88 Å². The maximum atomic E-state index is 5.85. The topological polar surface area (TPSA) is 61.0 Å². The van der Waals surface area contributed by atoms with Gasteiger partial charge in [0.2, 0.25) is 5.88 Å². The Hall–Kier alpha value is -1.16. The van der Waals surface area contributed by atoms with Gasteiger partial charge in [-0.3, -0.25) is 0 Å². The Kier molecular flexibility index (Phi) is 3.62. The van der Waals surface area contributed by atoms with Gasteiger partial charge in [0.25, 0.3) is 0 Å². The van der Waals surface area contributed by atoms with Gasteiger partial charge in [0.1, 0.15) is 11.9 Å². The first kappa shape index (κ1) is 12.3. The van der Waals surface area contributed by atoms with Gasteiger partial charge in [0.15, 0.2) is 0 Å². The van der Waals surface area contributed by atoms with Gasteiger partial charge in [-0.1, -0.05) is 13.8 Å². The minimum atomic E-state index is 0.290. The highest BCUT2D eigenvalue weighted by Crippen LogP contribution is 2.30. The van der Waals surface area contributed by atoms with Crippen LogP contribution in [0.1, 0.15) is 44.1 Å². The van der Waals surface area contributed by atoms with Gasteiger partial charge in [-0.25, -0.2) is 4.98 Å². The molecule has 0 amide bonds. The summed E-state index contributed by atoms with van der Waals surface area (Å²) >= 11 is 0. The van der Waals surface area contributed by atoms with E-state index in [9.17, 15) is 0 Å². The van der Waals surface area contributed by atoms with E-state index in [0.29, 0.717) is 17.7 Å². The molecule has 0 saturated heterocycles. The van der Waals surface area contributed by atoms with Gasteiger partial charge >= 0.3 is 0 Å². The zero-order valence-corrected chi connectivity index (χ0v) is 10.8. The van der Waals surface area contributed by atoms with Crippen LogP contribution in [0.25, 0.3) is 0 Å². The van der Waals surface area contributed by atoms with Crippen LogP contribution in [0.3, 0.4) is 0 Å². The van der Waals surface area contributed by atoms with Crippen LogP contribution in [0.15, 0.2) is 6.07 Å². The molecule has 2 rings (SSSR count). The Labute approximate surface area is 103 Å². The van der Waals surface area contributed by atoms with Crippen molar-refractivity contribution in [2.24, 2.45) is 11.7 Å². The molecule has 1 aromatic rings. The summed E-state index contributed by atoms with van der Waals surface area (Å²) in [4.78, 5) is 8.85. The molecule has 0 atom stereocenters. The van der Waals surface area contributed by atoms with E-state index in [0.717, 1.165) is 30.9 Å². The van der Waals surface area contributed by atoms with Crippen molar-refractivity contribution in [2.45, 2.75) is 45.6 Å². The predicted molar refractivity (Wildman–Crippen MR) is 67.1 cm³/mol. The first-order valence-corrected chi connectivity index (χ1v) is 6.30. The van der Waals surface area contributed by atoms with E-state index in [1.807, 2.05) is 13.0 Å². The molecular weight excluding hydrogens is 214 g/mol. The molecule has 4 nitrogen and oxygen atoms in total. The lowest BCUT2D eigenvalue weighted by molar-refractivity contribution is 0.0644. The Morgan fingerprint density at radius 2 is 2.12 bits per heavy atom. The number of aryl methyl sites for hydroxylation is 1. The molecule has 0 aliphatic heterocycles. The molecule has 4 heteroatoms. The number of nitrogens with two attached hydrogens (primary N) is 1. The maximum Gasteiger partial charge on any atom is 0.217 e. The van der Waals surface area contributed by atoms with Crippen molar-refractivity contribution in [3.05, 3.63) is 17.6 Å². The molecule has 1 fully saturated rings. The van der Waals surface area contributed by atoms with Gasteiger partial charge < -0.3 is 10.5 Å². The van der Waals surface area contributed by atoms with Crippen molar-refractivity contribution >= 4 is 0 Å². The summed E-state index contributed by atoms with van der Waals surface area (Å²) in [5.74, 6) is 2.53. The summed E-state index contributed by atoms with van der Waals surface area (Å²) in [6, 6.07) is 1.90. The average molecular weight is 235 g/mol. The number of nitrogens with zero attached hydrogens (tertiary/aromatic N) is 2. The molecule has 1 aromatic heterocycles. The van der Waals surface area contributed by atoms with Crippen molar-refractivity contribution in [2.75, 3.05) is 6.54 Å². The number of aromatic nitrogens is 2. The van der Waals surface area contributed by atoms with Gasteiger partial charge in [0, 0.05) is 17.7 Å². The van der Waals surface area contributed by atoms with E-state index in [1.54, 1.807) is 0 Å². The molecule has 1 aliphatic rings. The molecule has 0 spiro atoms. The average Bonchev–Trinajstić information content (AvgIpc) is 2.21. The zero-order chi connectivity index (χ0) is 12.4. The molecule has 0 radical (unpaired) electrons. The van der Waals surface area contributed by atoms with E-state index in [4.69, 9.17) is 10.5 Å². The predicted octanol–water partition coefficient (Wildman–Crippen LogP) is 2.02. The first-order chi connectivity index (χ1) is 8.08. The lowest BCUT2D eigenvalue weighted by Gasteiger charge is -2.34. The van der Waals surface area contributed by atoms with Crippen molar-refractivity contribution in [1.29, 1.82) is 0 Å². The maximum absolute atomic E-state index is 5.85. The fourth-order valence-electron chi connectivity index (χ4n) is 2.01. The highest BCUT2D eigenvalue weighted by molar-refractivity contribution is 5.17. The molecule has 1 heterocycles. The molecule has 0 unspecified atom stereocenters. The van der Waals surface area contributed by atoms with Crippen molar-refractivity contribution in [3.63, 3.8) is 0 Å². The molecular formula is C13H21N3O. The Balaban J connectivity index is 2.01. The monoisotopic (exact) mass is 235 g/mol. The fraction of sp³-hybridized carbons (Fsp3) is 0.692. The van der Waals surface area contributed by atoms with Gasteiger partial charge in [-0.05, 0) is 32.2 Å². The summed E-state index contributed by atoms with van der Waals surface area (Å²) in [7, 11) is 0. The second-order valence-electron chi connectivity index (χ2n) is 5.17. The Morgan fingerprint density at radius 3 is 2.71 bits per heavy atom. The van der Waals surface area contributed by atoms with E-state index in [-0.39, 0.29) is 6.10 Å². The largest absolute Gasteiger partial charge is 0.474 e. The number of rotatable bonds is 4. The van der Waals surface area contributed by atoms with Gasteiger partial charge in [0.05, 0.1) is 0 Å². The lowest BCUT2D eigenvalue weighted by atomic mass is 9.82. The Bertz CT molecular complexity index is 386. The number of hydrogen-bond donors (Lipinski definition) is 1. The van der Waals surface area contributed by atoms with Crippen molar-refractivity contribution in [3.8, 4) is 5.88 Å². The molecule has 1 aliphatic carbocycles. The molecule has 0 aromatic carbocycles. The summed E-state index contributed by atoms with van der Waals surface area (Å²) in [5.41, 5.74) is 6.56. The van der Waals surface area contributed by atoms with E-state index >= 15 is 0 Å². The van der Waals surface area contributed by atoms with Crippen LogP contribution >= 0.6 is 0 Å². The quantitative estimate of drug-likeness (QED) is 0.867. The van der Waals surface area contributed by atoms with Crippen LogP contribution in [-0.4, -0.2) is 22.6 Å². The SMILES string of the molecule is Cc1cc(OC2CC(CN)C2)nc(C(C)C)n1. The van der Waals surface area contributed by atoms with Crippen molar-refractivity contribution < 1.29 is 4.74 Å². The van der Waals surface area contributed by atoms with Gasteiger partial charge in [-0.15, -0.1) is 0 Å². The number of hydrogen-bond acceptors (Lipinski definition) is 4. The third kappa shape index (κ3) is 2.94. The minimum Gasteiger partial charge on any atom is -0.474 e. The highest BCUT2D eigenvalue weighted by Gasteiger charge is 2.30. The van der Waals surface area contributed by atoms with Gasteiger partial charge in [-0.2, -0.15) is 4.98 Å². The summed E-state index contributed by atoms with van der Waals surface area (Å²) in [5, 5.41) is 0. The van der Waals surface area contributed by atoms with E-state index < -0.39 is 0 Å². The second-order valence-corrected chi connectivity index (χ2v) is 5.17. The summed E-state index contributed by atoms with van der Waals surface area (Å²) in [6.45, 7) is 6.92. The zero-order valence-electron chi connectivity index (χ0n) is 10.8. The Morgan fingerprint density at radius 1 is 1.41 bits per heavy atom. The fourth-order valence-corrected chi connectivity index (χ4v) is 2.01. The minimum absolute atomic E-state index is 0.290. The lowest BCUT2D eigenvalue weighted by Crippen LogP contribution is -2.38. The molecule has 17 heavy (non-hydrogen) atoms. The van der Waals surface area contributed by atoms with Crippen LogP contribution < -0.4 is 10.5 Å². The van der Waals surface area contributed by atoms with Crippen LogP contribution in [0.2, 0.25) is 0 Å². The number of ether oxygens (including phenoxy) is 1. The summed E-state index contributed by atoms with van der Waals surface area (Å²) in [6.07, 6.45) is 2.39. The van der Waals surface area contributed by atoms with Crippen LogP contribution in [0, 0.1) is 12.8 Å². The van der Waals surface area contributed by atoms with E-state index in [1.165, 1.54) is 0 Å². The normalized spacial score (nSPS) is 23.6. The molecule has 0 bridgehead atoms. The standard InChI is InChI=1S/C13H21N3O/c1-8(2)13-15-9(3)4-12(16-13)17-11-5-10(6-11)7-14/h4,8,10-11H,5-7,14H2,1-3H3. The van der Waals surface area contributed by atoms with E-state index in [2.05, 4.69) is 23.8 Å². The summed E-state index contributed by atoms with van der Waals surface area (Å²) < 4.78 is 5.85. The third-order valence-corrected chi connectivity index (χ3v) is 3.18. The van der Waals surface area contributed by atoms with Crippen LogP contribution in [-0.2, 0) is 0 Å². The smallest absolute Gasteiger partial charge is 0.217 e. The first-order valence-electron chi connectivity index (χ1n) is 6.30. The molecule has 94 valence electrons. The third-order valence-electron chi connectivity index (χ3n) is 3.18. The molecule has 1 saturated carbocycles. The molecule has 2 N–H and O–H groups in total. The highest BCUT2D eigenvalue weighted by atomic mass is 16.5. The second kappa shape index (κ2) is 5.00. The van der Waals surface area contributed by atoms with Crippen molar-refractivity contribution in [1.82, 2.24) is 9.97 Å².